The minimum absolute atomic E-state index is 0.206. The summed E-state index contributed by atoms with van der Waals surface area (Å²) in [6, 6.07) is 0. The molecule has 0 saturated carbocycles. The number of carbonyl (C=O) groups excluding carboxylic acids is 2. The standard InChI is InChI=1S/C20H26O4/c1-14-6-4-8-16(3)19(21)23-11-10-15(2)12-18-13-17(9-5-7-14)20(22)24-18/h7,10,13,18H,3-6,8-9,11-12H2,1-2H3/b14-7+,15-10+/t18-/m0/s1. The van der Waals surface area contributed by atoms with Crippen LogP contribution in [0.15, 0.2) is 47.1 Å². The molecule has 0 saturated heterocycles. The molecule has 2 bridgehead atoms. The molecule has 0 unspecified atom stereocenters. The number of fused-ring (bicyclic) bond motifs is 1. The zero-order valence-electron chi connectivity index (χ0n) is 14.6. The van der Waals surface area contributed by atoms with Crippen LogP contribution in [0.1, 0.15) is 52.4 Å². The van der Waals surface area contributed by atoms with Crippen molar-refractivity contribution in [1.29, 1.82) is 0 Å². The minimum Gasteiger partial charge on any atom is -0.458 e. The van der Waals surface area contributed by atoms with Crippen molar-refractivity contribution in [2.45, 2.75) is 58.5 Å². The van der Waals surface area contributed by atoms with Crippen molar-refractivity contribution in [1.82, 2.24) is 0 Å². The Morgan fingerprint density at radius 3 is 2.62 bits per heavy atom. The van der Waals surface area contributed by atoms with Gasteiger partial charge in [0, 0.05) is 17.6 Å². The van der Waals surface area contributed by atoms with Gasteiger partial charge < -0.3 is 9.47 Å². The van der Waals surface area contributed by atoms with Crippen molar-refractivity contribution < 1.29 is 19.1 Å². The van der Waals surface area contributed by atoms with E-state index >= 15 is 0 Å². The van der Waals surface area contributed by atoms with E-state index in [1.807, 2.05) is 19.1 Å². The lowest BCUT2D eigenvalue weighted by molar-refractivity contribution is -0.139. The normalized spacial score (nSPS) is 28.7. The van der Waals surface area contributed by atoms with Crippen molar-refractivity contribution in [2.24, 2.45) is 0 Å². The number of cyclic esters (lactones) is 1. The van der Waals surface area contributed by atoms with Crippen molar-refractivity contribution in [3.05, 3.63) is 47.1 Å². The average Bonchev–Trinajstić information content (AvgIpc) is 2.85. The lowest BCUT2D eigenvalue weighted by Gasteiger charge is -2.09. The van der Waals surface area contributed by atoms with Crippen LogP contribution in [-0.4, -0.2) is 24.6 Å². The lowest BCUT2D eigenvalue weighted by Crippen LogP contribution is -2.10. The number of esters is 2. The molecule has 0 amide bonds. The lowest BCUT2D eigenvalue weighted by atomic mass is 10.0. The molecule has 2 aliphatic rings. The molecule has 1 atom stereocenters. The molecule has 0 aromatic rings. The van der Waals surface area contributed by atoms with Gasteiger partial charge in [-0.3, -0.25) is 0 Å². The third-order valence-electron chi connectivity index (χ3n) is 4.32. The predicted octanol–water partition coefficient (Wildman–Crippen LogP) is 4.18. The predicted molar refractivity (Wildman–Crippen MR) is 93.3 cm³/mol. The Morgan fingerprint density at radius 1 is 1.04 bits per heavy atom. The molecule has 0 spiro atoms. The van der Waals surface area contributed by atoms with E-state index < -0.39 is 0 Å². The van der Waals surface area contributed by atoms with Crippen LogP contribution in [0, 0.1) is 0 Å². The summed E-state index contributed by atoms with van der Waals surface area (Å²) >= 11 is 0. The SMILES string of the molecule is C=C1CCC/C(C)=C/CCC2=C[C@H](C/C(C)=C/COC1=O)OC2=O. The number of ether oxygens (including phenoxy) is 2. The van der Waals surface area contributed by atoms with E-state index in [2.05, 4.69) is 19.6 Å². The summed E-state index contributed by atoms with van der Waals surface area (Å²) in [5.74, 6) is -0.540. The van der Waals surface area contributed by atoms with E-state index in [4.69, 9.17) is 9.47 Å². The Labute approximate surface area is 143 Å². The average molecular weight is 330 g/mol. The van der Waals surface area contributed by atoms with Crippen LogP contribution in [0.5, 0.6) is 0 Å². The quantitative estimate of drug-likeness (QED) is 0.380. The number of hydrogen-bond acceptors (Lipinski definition) is 4. The molecule has 24 heavy (non-hydrogen) atoms. The molecular formula is C20H26O4. The van der Waals surface area contributed by atoms with E-state index in [-0.39, 0.29) is 24.6 Å². The highest BCUT2D eigenvalue weighted by Crippen LogP contribution is 2.23. The van der Waals surface area contributed by atoms with Gasteiger partial charge in [-0.2, -0.15) is 0 Å². The van der Waals surface area contributed by atoms with Gasteiger partial charge in [0.15, 0.2) is 0 Å². The second-order valence-corrected chi connectivity index (χ2v) is 6.53. The first kappa shape index (κ1) is 18.2. The Morgan fingerprint density at radius 2 is 1.83 bits per heavy atom. The van der Waals surface area contributed by atoms with Crippen LogP contribution in [0.3, 0.4) is 0 Å². The molecule has 2 rings (SSSR count). The Bertz CT molecular complexity index is 607. The molecule has 2 heterocycles. The van der Waals surface area contributed by atoms with Crippen molar-refractivity contribution >= 4 is 11.9 Å². The van der Waals surface area contributed by atoms with Gasteiger partial charge in [-0.05, 0) is 58.1 Å². The van der Waals surface area contributed by atoms with Crippen LogP contribution < -0.4 is 0 Å². The summed E-state index contributed by atoms with van der Waals surface area (Å²) in [5.41, 5.74) is 3.58. The summed E-state index contributed by atoms with van der Waals surface area (Å²) in [5, 5.41) is 0. The Hall–Kier alpha value is -2.10. The Balaban J connectivity index is 2.07. The highest BCUT2D eigenvalue weighted by Gasteiger charge is 2.24. The zero-order chi connectivity index (χ0) is 17.5. The number of hydrogen-bond donors (Lipinski definition) is 0. The van der Waals surface area contributed by atoms with Gasteiger partial charge >= 0.3 is 11.9 Å². The number of rotatable bonds is 0. The molecule has 130 valence electrons. The molecule has 0 N–H and O–H groups in total. The van der Waals surface area contributed by atoms with Gasteiger partial charge in [0.2, 0.25) is 0 Å². The number of allylic oxidation sites excluding steroid dienone is 2. The molecule has 0 aromatic carbocycles. The fourth-order valence-corrected chi connectivity index (χ4v) is 2.85. The van der Waals surface area contributed by atoms with Crippen LogP contribution in [0.4, 0.5) is 0 Å². The molecule has 0 aromatic heterocycles. The molecular weight excluding hydrogens is 304 g/mol. The van der Waals surface area contributed by atoms with Crippen LogP contribution >= 0.6 is 0 Å². The van der Waals surface area contributed by atoms with Gasteiger partial charge in [0.25, 0.3) is 0 Å². The van der Waals surface area contributed by atoms with Gasteiger partial charge in [0.1, 0.15) is 12.7 Å². The monoisotopic (exact) mass is 330 g/mol. The third kappa shape index (κ3) is 5.52. The molecule has 0 fully saturated rings. The third-order valence-corrected chi connectivity index (χ3v) is 4.32. The van der Waals surface area contributed by atoms with Gasteiger partial charge in [0.05, 0.1) is 0 Å². The first-order valence-electron chi connectivity index (χ1n) is 8.53. The van der Waals surface area contributed by atoms with Crippen molar-refractivity contribution in [2.75, 3.05) is 6.61 Å². The Kier molecular flexibility index (Phi) is 6.59. The highest BCUT2D eigenvalue weighted by atomic mass is 16.5. The molecule has 4 nitrogen and oxygen atoms in total. The first-order valence-corrected chi connectivity index (χ1v) is 8.53. The maximum absolute atomic E-state index is 11.9. The van der Waals surface area contributed by atoms with Gasteiger partial charge in [-0.1, -0.05) is 23.8 Å². The molecule has 2 aliphatic heterocycles. The zero-order valence-corrected chi connectivity index (χ0v) is 14.6. The van der Waals surface area contributed by atoms with Crippen LogP contribution in [0.2, 0.25) is 0 Å². The summed E-state index contributed by atoms with van der Waals surface area (Å²) in [6.45, 7) is 8.06. The first-order chi connectivity index (χ1) is 11.5. The van der Waals surface area contributed by atoms with Gasteiger partial charge in [-0.15, -0.1) is 0 Å². The summed E-state index contributed by atoms with van der Waals surface area (Å²) in [4.78, 5) is 23.8. The van der Waals surface area contributed by atoms with E-state index in [0.717, 1.165) is 30.4 Å². The molecule has 0 aliphatic carbocycles. The summed E-state index contributed by atoms with van der Waals surface area (Å²) in [7, 11) is 0. The second-order valence-electron chi connectivity index (χ2n) is 6.53. The maximum atomic E-state index is 11.9. The van der Waals surface area contributed by atoms with Crippen molar-refractivity contribution in [3.63, 3.8) is 0 Å². The largest absolute Gasteiger partial charge is 0.458 e. The fourth-order valence-electron chi connectivity index (χ4n) is 2.85. The van der Waals surface area contributed by atoms with Crippen molar-refractivity contribution in [3.8, 4) is 0 Å². The topological polar surface area (TPSA) is 52.6 Å². The smallest absolute Gasteiger partial charge is 0.334 e. The molecule has 0 radical (unpaired) electrons. The summed E-state index contributed by atoms with van der Waals surface area (Å²) in [6.07, 6.45) is 10.3. The summed E-state index contributed by atoms with van der Waals surface area (Å²) < 4.78 is 10.6. The van der Waals surface area contributed by atoms with Crippen LogP contribution in [0.25, 0.3) is 0 Å². The van der Waals surface area contributed by atoms with E-state index in [0.29, 0.717) is 24.8 Å². The van der Waals surface area contributed by atoms with Gasteiger partial charge in [-0.25, -0.2) is 9.59 Å². The number of carbonyl (C=O) groups is 2. The second kappa shape index (κ2) is 8.67. The fraction of sp³-hybridized carbons (Fsp3) is 0.500. The molecule has 4 heteroatoms. The van der Waals surface area contributed by atoms with E-state index in [1.165, 1.54) is 5.57 Å². The minimum atomic E-state index is -0.334. The maximum Gasteiger partial charge on any atom is 0.334 e. The highest BCUT2D eigenvalue weighted by molar-refractivity contribution is 5.91. The van der Waals surface area contributed by atoms with E-state index in [9.17, 15) is 9.59 Å². The van der Waals surface area contributed by atoms with E-state index in [1.54, 1.807) is 0 Å². The van der Waals surface area contributed by atoms with Crippen LogP contribution in [-0.2, 0) is 19.1 Å².